The monoisotopic (exact) mass is 168 g/mol. The van der Waals surface area contributed by atoms with Crippen LogP contribution in [0.25, 0.3) is 0 Å². The van der Waals surface area contributed by atoms with Crippen LogP contribution in [0.1, 0.15) is 13.3 Å². The number of nitrogens with one attached hydrogen (secondary N) is 1. The molecule has 60 valence electrons. The summed E-state index contributed by atoms with van der Waals surface area (Å²) in [5.41, 5.74) is 2.54. The van der Waals surface area contributed by atoms with Crippen LogP contribution in [0.2, 0.25) is 0 Å². The molecule has 0 fully saturated rings. The Balaban J connectivity index is 2.25. The normalized spacial score (nSPS) is 24.6. The molecule has 0 atom stereocenters. The summed E-state index contributed by atoms with van der Waals surface area (Å²) in [6.45, 7) is 4.20. The van der Waals surface area contributed by atoms with E-state index in [1.807, 2.05) is 11.8 Å². The van der Waals surface area contributed by atoms with Crippen LogP contribution >= 0.6 is 11.8 Å². The minimum absolute atomic E-state index is 0.972. The minimum atomic E-state index is 0.972. The fraction of sp³-hybridized carbons (Fsp3) is 0.625. The van der Waals surface area contributed by atoms with Crippen molar-refractivity contribution < 1.29 is 0 Å². The third-order valence-corrected chi connectivity index (χ3v) is 3.27. The van der Waals surface area contributed by atoms with Crippen molar-refractivity contribution in [3.8, 4) is 0 Å². The van der Waals surface area contributed by atoms with Gasteiger partial charge in [0.05, 0.1) is 5.70 Å². The molecule has 0 spiro atoms. The van der Waals surface area contributed by atoms with Crippen LogP contribution in [-0.4, -0.2) is 24.6 Å². The second kappa shape index (κ2) is 2.99. The molecule has 0 aromatic rings. The van der Waals surface area contributed by atoms with Crippen LogP contribution in [0.15, 0.2) is 15.6 Å². The van der Waals surface area contributed by atoms with E-state index in [1.54, 1.807) is 0 Å². The number of rotatable bonds is 0. The van der Waals surface area contributed by atoms with Gasteiger partial charge in [-0.25, -0.2) is 0 Å². The van der Waals surface area contributed by atoms with Crippen LogP contribution in [0.5, 0.6) is 0 Å². The highest BCUT2D eigenvalue weighted by Gasteiger charge is 2.15. The highest BCUT2D eigenvalue weighted by atomic mass is 32.2. The summed E-state index contributed by atoms with van der Waals surface area (Å²) in [4.78, 5) is 6.03. The summed E-state index contributed by atoms with van der Waals surface area (Å²) >= 11 is 1.96. The number of nitrogens with zero attached hydrogens (tertiary/aromatic N) is 1. The van der Waals surface area contributed by atoms with Crippen LogP contribution in [-0.2, 0) is 0 Å². The molecule has 0 saturated carbocycles. The van der Waals surface area contributed by atoms with E-state index >= 15 is 0 Å². The molecule has 0 radical (unpaired) electrons. The van der Waals surface area contributed by atoms with E-state index in [-0.39, 0.29) is 0 Å². The molecule has 2 aliphatic rings. The van der Waals surface area contributed by atoms with Crippen LogP contribution < -0.4 is 5.32 Å². The van der Waals surface area contributed by atoms with Crippen molar-refractivity contribution in [2.24, 2.45) is 4.99 Å². The van der Waals surface area contributed by atoms with Crippen LogP contribution in [0.3, 0.4) is 0 Å². The standard InChI is InChI=1S/C8H12N2S/c1-6-5-11-8-2-3-9-4-7(8)10-6/h9H,2-5H2,1H3. The quantitative estimate of drug-likeness (QED) is 0.591. The molecular formula is C8H12N2S. The predicted molar refractivity (Wildman–Crippen MR) is 50.1 cm³/mol. The Bertz CT molecular complexity index is 230. The van der Waals surface area contributed by atoms with Gasteiger partial charge in [-0.15, -0.1) is 11.8 Å². The molecule has 2 nitrogen and oxygen atoms in total. The second-order valence-corrected chi connectivity index (χ2v) is 4.00. The average molecular weight is 168 g/mol. The maximum absolute atomic E-state index is 4.52. The van der Waals surface area contributed by atoms with Crippen molar-refractivity contribution in [2.75, 3.05) is 18.8 Å². The first-order valence-electron chi connectivity index (χ1n) is 3.96. The highest BCUT2D eigenvalue weighted by molar-refractivity contribution is 8.03. The summed E-state index contributed by atoms with van der Waals surface area (Å²) < 4.78 is 0. The lowest BCUT2D eigenvalue weighted by Gasteiger charge is -2.21. The van der Waals surface area contributed by atoms with Gasteiger partial charge in [-0.3, -0.25) is 4.99 Å². The van der Waals surface area contributed by atoms with E-state index in [4.69, 9.17) is 0 Å². The molecule has 0 aliphatic carbocycles. The Morgan fingerprint density at radius 3 is 3.36 bits per heavy atom. The number of hydrogen-bond acceptors (Lipinski definition) is 3. The third-order valence-electron chi connectivity index (χ3n) is 1.92. The molecule has 2 aliphatic heterocycles. The molecule has 2 heterocycles. The summed E-state index contributed by atoms with van der Waals surface area (Å²) in [5.74, 6) is 1.10. The zero-order valence-electron chi connectivity index (χ0n) is 6.68. The lowest BCUT2D eigenvalue weighted by atomic mass is 10.2. The Morgan fingerprint density at radius 1 is 1.55 bits per heavy atom. The molecule has 2 rings (SSSR count). The van der Waals surface area contributed by atoms with E-state index in [0.717, 1.165) is 18.8 Å². The molecule has 0 bridgehead atoms. The lowest BCUT2D eigenvalue weighted by Crippen LogP contribution is -2.26. The smallest absolute Gasteiger partial charge is 0.0636 e. The average Bonchev–Trinajstić information content (AvgIpc) is 2.04. The summed E-state index contributed by atoms with van der Waals surface area (Å²) in [6.07, 6.45) is 1.18. The van der Waals surface area contributed by atoms with E-state index in [1.165, 1.54) is 22.7 Å². The van der Waals surface area contributed by atoms with Gasteiger partial charge in [0.25, 0.3) is 0 Å². The highest BCUT2D eigenvalue weighted by Crippen LogP contribution is 2.29. The van der Waals surface area contributed by atoms with Crippen molar-refractivity contribution in [1.29, 1.82) is 0 Å². The predicted octanol–water partition coefficient (Wildman–Crippen LogP) is 1.40. The van der Waals surface area contributed by atoms with Gasteiger partial charge in [-0.2, -0.15) is 0 Å². The third kappa shape index (κ3) is 1.49. The molecule has 3 heteroatoms. The first-order chi connectivity index (χ1) is 5.36. The maximum atomic E-state index is 4.52. The molecular weight excluding hydrogens is 156 g/mol. The van der Waals surface area contributed by atoms with Crippen LogP contribution in [0, 0.1) is 0 Å². The Hall–Kier alpha value is -0.280. The Kier molecular flexibility index (Phi) is 2.00. The first kappa shape index (κ1) is 7.37. The SMILES string of the molecule is CC1=NC2=C(CCNC2)SC1. The molecule has 0 amide bonds. The molecule has 0 saturated heterocycles. The zero-order valence-corrected chi connectivity index (χ0v) is 7.50. The molecule has 0 unspecified atom stereocenters. The topological polar surface area (TPSA) is 24.4 Å². The summed E-state index contributed by atoms with van der Waals surface area (Å²) in [6, 6.07) is 0. The van der Waals surface area contributed by atoms with Gasteiger partial charge in [-0.1, -0.05) is 0 Å². The van der Waals surface area contributed by atoms with Gasteiger partial charge in [0, 0.05) is 29.5 Å². The lowest BCUT2D eigenvalue weighted by molar-refractivity contribution is 0.690. The van der Waals surface area contributed by atoms with Gasteiger partial charge >= 0.3 is 0 Å². The molecule has 1 N–H and O–H groups in total. The number of hydrogen-bond donors (Lipinski definition) is 1. The van der Waals surface area contributed by atoms with Crippen molar-refractivity contribution >= 4 is 17.5 Å². The number of thioether (sulfide) groups is 1. The zero-order chi connectivity index (χ0) is 7.68. The molecule has 0 aromatic heterocycles. The number of aliphatic imine (C=N–C) groups is 1. The van der Waals surface area contributed by atoms with Crippen molar-refractivity contribution in [2.45, 2.75) is 13.3 Å². The van der Waals surface area contributed by atoms with Crippen LogP contribution in [0.4, 0.5) is 0 Å². The fourth-order valence-electron chi connectivity index (χ4n) is 1.36. The second-order valence-electron chi connectivity index (χ2n) is 2.93. The van der Waals surface area contributed by atoms with Crippen molar-refractivity contribution in [3.63, 3.8) is 0 Å². The first-order valence-corrected chi connectivity index (χ1v) is 4.94. The fourth-order valence-corrected chi connectivity index (χ4v) is 2.34. The maximum Gasteiger partial charge on any atom is 0.0636 e. The van der Waals surface area contributed by atoms with Gasteiger partial charge in [0.15, 0.2) is 0 Å². The van der Waals surface area contributed by atoms with Crippen molar-refractivity contribution in [3.05, 3.63) is 10.6 Å². The largest absolute Gasteiger partial charge is 0.311 e. The van der Waals surface area contributed by atoms with Gasteiger partial charge in [0.2, 0.25) is 0 Å². The molecule has 11 heavy (non-hydrogen) atoms. The van der Waals surface area contributed by atoms with E-state index < -0.39 is 0 Å². The van der Waals surface area contributed by atoms with Gasteiger partial charge < -0.3 is 5.32 Å². The Labute approximate surface area is 71.2 Å². The van der Waals surface area contributed by atoms with Gasteiger partial charge in [0.1, 0.15) is 0 Å². The minimum Gasteiger partial charge on any atom is -0.311 e. The van der Waals surface area contributed by atoms with E-state index in [2.05, 4.69) is 17.2 Å². The van der Waals surface area contributed by atoms with Crippen molar-refractivity contribution in [1.82, 2.24) is 5.32 Å². The van der Waals surface area contributed by atoms with Gasteiger partial charge in [-0.05, 0) is 13.3 Å². The van der Waals surface area contributed by atoms with E-state index in [9.17, 15) is 0 Å². The molecule has 0 aromatic carbocycles. The Morgan fingerprint density at radius 2 is 2.45 bits per heavy atom. The summed E-state index contributed by atoms with van der Waals surface area (Å²) in [7, 11) is 0. The van der Waals surface area contributed by atoms with E-state index in [0.29, 0.717) is 0 Å². The summed E-state index contributed by atoms with van der Waals surface area (Å²) in [5, 5.41) is 3.33.